The van der Waals surface area contributed by atoms with Crippen LogP contribution in [-0.4, -0.2) is 85.4 Å². The summed E-state index contributed by atoms with van der Waals surface area (Å²) in [6, 6.07) is 1.67. The monoisotopic (exact) mass is 680 g/mol. The maximum Gasteiger partial charge on any atom is 0.254 e. The quantitative estimate of drug-likeness (QED) is 0.138. The van der Waals surface area contributed by atoms with E-state index in [9.17, 15) is 0 Å². The molecule has 0 spiro atoms. The summed E-state index contributed by atoms with van der Waals surface area (Å²) in [5, 5.41) is 3.84. The molecule has 0 aliphatic carbocycles. The lowest BCUT2D eigenvalue weighted by atomic mass is 9.85. The summed E-state index contributed by atoms with van der Waals surface area (Å²) >= 11 is 0. The first-order chi connectivity index (χ1) is 20.8. The second-order valence-corrected chi connectivity index (χ2v) is 29.1. The van der Waals surface area contributed by atoms with E-state index in [1.54, 1.807) is 12.3 Å². The molecule has 2 fully saturated rings. The molecule has 0 N–H and O–H groups in total. The summed E-state index contributed by atoms with van der Waals surface area (Å²) in [4.78, 5) is 4.43. The number of oxazole rings is 1. The summed E-state index contributed by atoms with van der Waals surface area (Å²) in [7, 11) is -3.96. The Morgan fingerprint density at radius 2 is 1.62 bits per heavy atom. The van der Waals surface area contributed by atoms with Crippen LogP contribution in [0.25, 0.3) is 17.6 Å². The number of hydrogen-bond acceptors (Lipinski definition) is 10. The third-order valence-corrected chi connectivity index (χ3v) is 11.0. The molecule has 254 valence electrons. The number of epoxide rings is 1. The lowest BCUT2D eigenvalue weighted by Gasteiger charge is -2.47. The fraction of sp³-hybridized carbons (Fsp3) is 0.750. The average Bonchev–Trinajstić information content (AvgIpc) is 3.26. The molecule has 0 amide bonds. The smallest absolute Gasteiger partial charge is 0.254 e. The molecule has 4 rings (SSSR count). The molecule has 45 heavy (non-hydrogen) atoms. The predicted octanol–water partition coefficient (Wildman–Crippen LogP) is 7.62. The molecular formula is C32H56N2O8Si3. The minimum atomic E-state index is -1.95. The van der Waals surface area contributed by atoms with E-state index >= 15 is 0 Å². The predicted molar refractivity (Wildman–Crippen MR) is 183 cm³/mol. The van der Waals surface area contributed by atoms with Gasteiger partial charge < -0.3 is 36.4 Å². The largest absolute Gasteiger partial charge is 0.479 e. The van der Waals surface area contributed by atoms with Gasteiger partial charge in [0.25, 0.3) is 5.88 Å². The van der Waals surface area contributed by atoms with Gasteiger partial charge in [-0.2, -0.15) is 0 Å². The van der Waals surface area contributed by atoms with Gasteiger partial charge in [0.05, 0.1) is 56.5 Å². The minimum Gasteiger partial charge on any atom is -0.479 e. The molecule has 0 unspecified atom stereocenters. The zero-order valence-corrected chi connectivity index (χ0v) is 32.6. The van der Waals surface area contributed by atoms with Crippen molar-refractivity contribution in [3.05, 3.63) is 23.7 Å². The van der Waals surface area contributed by atoms with Gasteiger partial charge in [-0.25, -0.2) is 4.98 Å². The number of aromatic nitrogens is 2. The van der Waals surface area contributed by atoms with E-state index in [-0.39, 0.29) is 42.5 Å². The van der Waals surface area contributed by atoms with Gasteiger partial charge in [-0.3, -0.25) is 0 Å². The van der Waals surface area contributed by atoms with Gasteiger partial charge >= 0.3 is 0 Å². The lowest BCUT2D eigenvalue weighted by Crippen LogP contribution is -2.58. The normalized spacial score (nSPS) is 27.8. The van der Waals surface area contributed by atoms with Crippen LogP contribution in [0.1, 0.15) is 39.5 Å². The van der Waals surface area contributed by atoms with Crippen LogP contribution in [0.4, 0.5) is 0 Å². The Labute approximate surface area is 272 Å². The second-order valence-electron chi connectivity index (χ2n) is 15.7. The fourth-order valence-electron chi connectivity index (χ4n) is 5.98. The van der Waals surface area contributed by atoms with Crippen LogP contribution < -0.4 is 4.74 Å². The highest BCUT2D eigenvalue weighted by atomic mass is 28.4. The molecule has 13 heteroatoms. The van der Waals surface area contributed by atoms with Crippen LogP contribution in [0.15, 0.2) is 26.8 Å². The Balaban J connectivity index is 1.49. The van der Waals surface area contributed by atoms with Crippen molar-refractivity contribution in [1.82, 2.24) is 10.1 Å². The summed E-state index contributed by atoms with van der Waals surface area (Å²) < 4.78 is 49.6. The first-order valence-electron chi connectivity index (χ1n) is 16.3. The van der Waals surface area contributed by atoms with Crippen molar-refractivity contribution in [1.29, 1.82) is 0 Å². The highest BCUT2D eigenvalue weighted by molar-refractivity contribution is 6.70. The summed E-state index contributed by atoms with van der Waals surface area (Å²) in [5.74, 6) is 2.34. The Morgan fingerprint density at radius 3 is 2.22 bits per heavy atom. The summed E-state index contributed by atoms with van der Waals surface area (Å²) in [6.07, 6.45) is 5.28. The highest BCUT2D eigenvalue weighted by Crippen LogP contribution is 2.42. The number of rotatable bonds is 15. The van der Waals surface area contributed by atoms with Crippen molar-refractivity contribution in [3.8, 4) is 17.4 Å². The molecule has 10 nitrogen and oxygen atoms in total. The lowest BCUT2D eigenvalue weighted by molar-refractivity contribution is -0.152. The van der Waals surface area contributed by atoms with Crippen LogP contribution in [0.5, 0.6) is 5.88 Å². The summed E-state index contributed by atoms with van der Waals surface area (Å²) in [6.45, 7) is 27.3. The van der Waals surface area contributed by atoms with Crippen LogP contribution in [0.3, 0.4) is 0 Å². The van der Waals surface area contributed by atoms with Crippen molar-refractivity contribution >= 4 is 31.0 Å². The summed E-state index contributed by atoms with van der Waals surface area (Å²) in [5.41, 5.74) is 1.08. The average molecular weight is 681 g/mol. The number of methoxy groups -OCH3 is 1. The van der Waals surface area contributed by atoms with Gasteiger partial charge in [-0.1, -0.05) is 12.5 Å². The van der Waals surface area contributed by atoms with E-state index in [4.69, 9.17) is 36.4 Å². The van der Waals surface area contributed by atoms with E-state index in [0.29, 0.717) is 42.2 Å². The molecule has 2 saturated heterocycles. The highest BCUT2D eigenvalue weighted by Gasteiger charge is 2.51. The van der Waals surface area contributed by atoms with E-state index in [2.05, 4.69) is 89.8 Å². The van der Waals surface area contributed by atoms with E-state index in [1.807, 2.05) is 6.08 Å². The van der Waals surface area contributed by atoms with Gasteiger partial charge in [0.1, 0.15) is 0 Å². The van der Waals surface area contributed by atoms with Gasteiger partial charge in [0, 0.05) is 17.9 Å². The molecular weight excluding hydrogens is 625 g/mol. The Bertz CT molecular complexity index is 1280. The van der Waals surface area contributed by atoms with Crippen molar-refractivity contribution in [2.45, 2.75) is 129 Å². The van der Waals surface area contributed by atoms with Gasteiger partial charge in [0.2, 0.25) is 11.7 Å². The van der Waals surface area contributed by atoms with Crippen LogP contribution in [0, 0.1) is 11.8 Å². The Hall–Kier alpha value is -1.59. The number of nitrogens with zero attached hydrogens (tertiary/aromatic N) is 2. The van der Waals surface area contributed by atoms with E-state index in [1.165, 1.54) is 7.11 Å². The number of ether oxygens (including phenoxy) is 3. The molecule has 0 saturated carbocycles. The molecule has 2 aromatic heterocycles. The second kappa shape index (κ2) is 14.3. The molecule has 2 aliphatic rings. The topological polar surface area (TPSA) is 111 Å². The van der Waals surface area contributed by atoms with Crippen molar-refractivity contribution < 1.29 is 36.4 Å². The molecule has 2 aliphatic heterocycles. The first-order valence-corrected chi connectivity index (χ1v) is 26.5. The molecule has 0 bridgehead atoms. The maximum atomic E-state index is 6.99. The Morgan fingerprint density at radius 1 is 0.956 bits per heavy atom. The molecule has 8 atom stereocenters. The zero-order chi connectivity index (χ0) is 33.3. The SMILES string of the molecule is COc1cc(-c2cnc(/C=C(\C)C[C@@H]3OC[C@H](C[C@@H]4O[C@H]4[C@@H](C)[C@H](C)O[Si](C)(C)C)[C@@H](O[Si](C)(C)C)[C@H]3O[Si](C)(C)C)o2)on1. The standard InChI is InChI=1S/C32H56N2O8Si3/c1-20(15-28-33-18-27(37-28)24-17-29(35-4)34-39-24)14-25-32(42-45(11,12)13)31(41-44(8,9)10)23(19-36-25)16-26-30(38-26)21(2)22(3)40-43(5,6)7/h15,17-18,21-23,25-26,30-32H,14,16,19H2,1-13H3/b20-15+/t21-,22-,23-,25-,26-,30-,31+,32-/m0/s1. The zero-order valence-electron chi connectivity index (χ0n) is 29.6. The Kier molecular flexibility index (Phi) is 11.5. The third-order valence-electron chi connectivity index (χ3n) is 7.97. The van der Waals surface area contributed by atoms with Gasteiger partial charge in [-0.15, -0.1) is 0 Å². The fourth-order valence-corrected chi connectivity index (χ4v) is 9.56. The number of hydrogen-bond donors (Lipinski definition) is 0. The molecule has 4 heterocycles. The minimum absolute atomic E-state index is 0.0690. The molecule has 2 aromatic rings. The van der Waals surface area contributed by atoms with Crippen LogP contribution in [0.2, 0.25) is 58.9 Å². The van der Waals surface area contributed by atoms with Crippen molar-refractivity contribution in [3.63, 3.8) is 0 Å². The van der Waals surface area contributed by atoms with E-state index in [0.717, 1.165) is 12.0 Å². The molecule has 0 aromatic carbocycles. The molecule has 0 radical (unpaired) electrons. The van der Waals surface area contributed by atoms with Gasteiger partial charge in [0.15, 0.2) is 30.7 Å². The van der Waals surface area contributed by atoms with Crippen molar-refractivity contribution in [2.75, 3.05) is 13.7 Å². The van der Waals surface area contributed by atoms with Crippen LogP contribution >= 0.6 is 0 Å². The third kappa shape index (κ3) is 10.7. The first kappa shape index (κ1) is 36.3. The van der Waals surface area contributed by atoms with E-state index < -0.39 is 25.0 Å². The van der Waals surface area contributed by atoms with Crippen molar-refractivity contribution in [2.24, 2.45) is 11.8 Å². The van der Waals surface area contributed by atoms with Gasteiger partial charge in [-0.05, 0) is 96.8 Å². The van der Waals surface area contributed by atoms with Crippen LogP contribution in [-0.2, 0) is 22.8 Å². The maximum absolute atomic E-state index is 6.99.